The summed E-state index contributed by atoms with van der Waals surface area (Å²) in [5, 5.41) is 0. The van der Waals surface area contributed by atoms with E-state index in [9.17, 15) is 4.79 Å². The molecule has 0 saturated carbocycles. The van der Waals surface area contributed by atoms with Gasteiger partial charge in [0.2, 0.25) is 5.91 Å². The summed E-state index contributed by atoms with van der Waals surface area (Å²) in [5.41, 5.74) is 5.85. The number of amides is 1. The SMILES string of the molecule is Cc1ccc(Cc2cccc([C@@H]3CCCN3C(=O)CCc3ccccc3)n2)cc1. The number of carbonyl (C=O) groups is 1. The predicted molar refractivity (Wildman–Crippen MR) is 117 cm³/mol. The molecule has 0 spiro atoms. The molecule has 1 aliphatic rings. The molecule has 3 aromatic rings. The van der Waals surface area contributed by atoms with Gasteiger partial charge in [0.05, 0.1) is 11.7 Å². The van der Waals surface area contributed by atoms with Crippen molar-refractivity contribution in [2.24, 2.45) is 0 Å². The van der Waals surface area contributed by atoms with Crippen LogP contribution in [0.1, 0.15) is 53.4 Å². The van der Waals surface area contributed by atoms with Crippen LogP contribution in [0.5, 0.6) is 0 Å². The first-order valence-corrected chi connectivity index (χ1v) is 10.5. The van der Waals surface area contributed by atoms with Gasteiger partial charge in [0.15, 0.2) is 0 Å². The molecule has 1 fully saturated rings. The first-order valence-electron chi connectivity index (χ1n) is 10.5. The minimum absolute atomic E-state index is 0.108. The molecule has 148 valence electrons. The molecule has 1 aliphatic heterocycles. The smallest absolute Gasteiger partial charge is 0.223 e. The molecular weight excluding hydrogens is 356 g/mol. The van der Waals surface area contributed by atoms with E-state index in [2.05, 4.69) is 61.5 Å². The minimum atomic E-state index is 0.108. The summed E-state index contributed by atoms with van der Waals surface area (Å²) in [4.78, 5) is 19.9. The van der Waals surface area contributed by atoms with Gasteiger partial charge in [-0.2, -0.15) is 0 Å². The second-order valence-corrected chi connectivity index (χ2v) is 7.95. The van der Waals surface area contributed by atoms with Gasteiger partial charge in [0.25, 0.3) is 0 Å². The van der Waals surface area contributed by atoms with Crippen LogP contribution in [0.3, 0.4) is 0 Å². The molecule has 1 saturated heterocycles. The number of rotatable bonds is 6. The molecule has 29 heavy (non-hydrogen) atoms. The molecule has 0 unspecified atom stereocenters. The van der Waals surface area contributed by atoms with E-state index >= 15 is 0 Å². The second kappa shape index (κ2) is 9.04. The van der Waals surface area contributed by atoms with Crippen LogP contribution in [0.25, 0.3) is 0 Å². The number of benzene rings is 2. The molecular formula is C26H28N2O. The van der Waals surface area contributed by atoms with Gasteiger partial charge >= 0.3 is 0 Å². The normalized spacial score (nSPS) is 16.2. The van der Waals surface area contributed by atoms with Crippen molar-refractivity contribution in [2.75, 3.05) is 6.54 Å². The van der Waals surface area contributed by atoms with Crippen LogP contribution < -0.4 is 0 Å². The largest absolute Gasteiger partial charge is 0.334 e. The van der Waals surface area contributed by atoms with E-state index in [1.807, 2.05) is 23.1 Å². The van der Waals surface area contributed by atoms with Crippen molar-refractivity contribution in [1.29, 1.82) is 0 Å². The number of likely N-dealkylation sites (tertiary alicyclic amines) is 1. The summed E-state index contributed by atoms with van der Waals surface area (Å²) in [6.07, 6.45) is 4.22. The Morgan fingerprint density at radius 3 is 2.55 bits per heavy atom. The van der Waals surface area contributed by atoms with Gasteiger partial charge in [-0.05, 0) is 49.4 Å². The third-order valence-electron chi connectivity index (χ3n) is 5.72. The van der Waals surface area contributed by atoms with Gasteiger partial charge < -0.3 is 4.90 Å². The number of hydrogen-bond acceptors (Lipinski definition) is 2. The van der Waals surface area contributed by atoms with Crippen molar-refractivity contribution in [3.63, 3.8) is 0 Å². The van der Waals surface area contributed by atoms with E-state index < -0.39 is 0 Å². The van der Waals surface area contributed by atoms with Crippen LogP contribution in [0.2, 0.25) is 0 Å². The molecule has 0 aliphatic carbocycles. The lowest BCUT2D eigenvalue weighted by molar-refractivity contribution is -0.132. The predicted octanol–water partition coefficient (Wildman–Crippen LogP) is 5.28. The molecule has 0 bridgehead atoms. The zero-order chi connectivity index (χ0) is 20.1. The lowest BCUT2D eigenvalue weighted by atomic mass is 10.1. The first kappa shape index (κ1) is 19.4. The fourth-order valence-electron chi connectivity index (χ4n) is 4.11. The van der Waals surface area contributed by atoms with E-state index in [0.29, 0.717) is 6.42 Å². The summed E-state index contributed by atoms with van der Waals surface area (Å²) in [7, 11) is 0. The molecule has 1 amide bonds. The molecule has 0 N–H and O–H groups in total. The summed E-state index contributed by atoms with van der Waals surface area (Å²) < 4.78 is 0. The molecule has 2 aromatic carbocycles. The third-order valence-corrected chi connectivity index (χ3v) is 5.72. The molecule has 3 heteroatoms. The minimum Gasteiger partial charge on any atom is -0.334 e. The molecule has 0 radical (unpaired) electrons. The van der Waals surface area contributed by atoms with Crippen LogP contribution in [0.15, 0.2) is 72.8 Å². The third kappa shape index (κ3) is 4.92. The highest BCUT2D eigenvalue weighted by molar-refractivity contribution is 5.77. The first-order chi connectivity index (χ1) is 14.2. The maximum atomic E-state index is 12.9. The highest BCUT2D eigenvalue weighted by Crippen LogP contribution is 2.31. The van der Waals surface area contributed by atoms with Gasteiger partial charge in [-0.15, -0.1) is 0 Å². The van der Waals surface area contributed by atoms with E-state index in [-0.39, 0.29) is 11.9 Å². The highest BCUT2D eigenvalue weighted by Gasteiger charge is 2.30. The van der Waals surface area contributed by atoms with Crippen LogP contribution in [-0.2, 0) is 17.6 Å². The Kier molecular flexibility index (Phi) is 6.04. The Labute approximate surface area is 173 Å². The van der Waals surface area contributed by atoms with Gasteiger partial charge in [0, 0.05) is 25.1 Å². The van der Waals surface area contributed by atoms with Crippen LogP contribution in [0, 0.1) is 6.92 Å². The van der Waals surface area contributed by atoms with E-state index in [4.69, 9.17) is 4.98 Å². The molecule has 3 nitrogen and oxygen atoms in total. The number of carbonyl (C=O) groups excluding carboxylic acids is 1. The fraction of sp³-hybridized carbons (Fsp3) is 0.308. The summed E-state index contributed by atoms with van der Waals surface area (Å²) in [6.45, 7) is 2.94. The van der Waals surface area contributed by atoms with Crippen molar-refractivity contribution >= 4 is 5.91 Å². The molecule has 2 heterocycles. The van der Waals surface area contributed by atoms with Crippen molar-refractivity contribution in [1.82, 2.24) is 9.88 Å². The highest BCUT2D eigenvalue weighted by atomic mass is 16.2. The Hall–Kier alpha value is -2.94. The van der Waals surface area contributed by atoms with Crippen LogP contribution in [-0.4, -0.2) is 22.3 Å². The maximum Gasteiger partial charge on any atom is 0.223 e. The summed E-state index contributed by atoms with van der Waals surface area (Å²) in [6, 6.07) is 25.2. The monoisotopic (exact) mass is 384 g/mol. The lowest BCUT2D eigenvalue weighted by Crippen LogP contribution is -2.31. The average molecular weight is 385 g/mol. The number of hydrogen-bond donors (Lipinski definition) is 0. The van der Waals surface area contributed by atoms with Crippen molar-refractivity contribution in [3.8, 4) is 0 Å². The lowest BCUT2D eigenvalue weighted by Gasteiger charge is -2.25. The summed E-state index contributed by atoms with van der Waals surface area (Å²) in [5.74, 6) is 0.238. The van der Waals surface area contributed by atoms with Crippen LogP contribution in [0.4, 0.5) is 0 Å². The average Bonchev–Trinajstić information content (AvgIpc) is 3.25. The molecule has 1 atom stereocenters. The topological polar surface area (TPSA) is 33.2 Å². The standard InChI is InChI=1S/C26H28N2O/c1-20-12-14-22(15-13-20)19-23-9-5-10-24(27-23)25-11-6-18-28(25)26(29)17-16-21-7-3-2-4-8-21/h2-5,7-10,12-15,25H,6,11,16-19H2,1H3/t25-/m0/s1. The molecule has 1 aromatic heterocycles. The Morgan fingerprint density at radius 2 is 1.76 bits per heavy atom. The van der Waals surface area contributed by atoms with Crippen LogP contribution >= 0.6 is 0 Å². The van der Waals surface area contributed by atoms with Gasteiger partial charge in [-0.1, -0.05) is 66.2 Å². The van der Waals surface area contributed by atoms with E-state index in [1.165, 1.54) is 16.7 Å². The van der Waals surface area contributed by atoms with Crippen molar-refractivity contribution < 1.29 is 4.79 Å². The number of aromatic nitrogens is 1. The number of nitrogens with zero attached hydrogens (tertiary/aromatic N) is 2. The van der Waals surface area contributed by atoms with Gasteiger partial charge in [-0.3, -0.25) is 9.78 Å². The van der Waals surface area contributed by atoms with Crippen molar-refractivity contribution in [2.45, 2.75) is 45.1 Å². The zero-order valence-corrected chi connectivity index (χ0v) is 17.1. The zero-order valence-electron chi connectivity index (χ0n) is 17.1. The second-order valence-electron chi connectivity index (χ2n) is 7.95. The number of aryl methyl sites for hydroxylation is 2. The van der Waals surface area contributed by atoms with Gasteiger partial charge in [0.1, 0.15) is 0 Å². The Bertz CT molecular complexity index is 950. The van der Waals surface area contributed by atoms with Gasteiger partial charge in [-0.25, -0.2) is 0 Å². The summed E-state index contributed by atoms with van der Waals surface area (Å²) >= 11 is 0. The van der Waals surface area contributed by atoms with Crippen molar-refractivity contribution in [3.05, 3.63) is 101 Å². The van der Waals surface area contributed by atoms with E-state index in [1.54, 1.807) is 0 Å². The van der Waals surface area contributed by atoms with E-state index in [0.717, 1.165) is 43.6 Å². The Morgan fingerprint density at radius 1 is 0.966 bits per heavy atom. The Balaban J connectivity index is 1.44. The fourth-order valence-corrected chi connectivity index (χ4v) is 4.11. The quantitative estimate of drug-likeness (QED) is 0.579. The maximum absolute atomic E-state index is 12.9. The molecule has 4 rings (SSSR count). The number of pyridine rings is 1.